The van der Waals surface area contributed by atoms with Gasteiger partial charge in [-0.1, -0.05) is 12.1 Å². The summed E-state index contributed by atoms with van der Waals surface area (Å²) in [6, 6.07) is 4.24. The van der Waals surface area contributed by atoms with E-state index in [0.717, 1.165) is 23.1 Å². The minimum Gasteiger partial charge on any atom is -0.395 e. The molecule has 0 aliphatic carbocycles. The zero-order valence-corrected chi connectivity index (χ0v) is 11.4. The van der Waals surface area contributed by atoms with E-state index in [9.17, 15) is 22.8 Å². The maximum atomic E-state index is 12.8. The van der Waals surface area contributed by atoms with Crippen LogP contribution in [0.3, 0.4) is 0 Å². The summed E-state index contributed by atoms with van der Waals surface area (Å²) in [4.78, 5) is 24.4. The van der Waals surface area contributed by atoms with Gasteiger partial charge in [-0.3, -0.25) is 9.59 Å². The lowest BCUT2D eigenvalue weighted by Crippen LogP contribution is -2.42. The van der Waals surface area contributed by atoms with Crippen LogP contribution < -0.4 is 5.32 Å². The maximum Gasteiger partial charge on any atom is 0.418 e. The van der Waals surface area contributed by atoms with Crippen molar-refractivity contribution in [2.24, 2.45) is 0 Å². The van der Waals surface area contributed by atoms with E-state index in [2.05, 4.69) is 0 Å². The maximum absolute atomic E-state index is 12.8. The predicted octanol–water partition coefficient (Wildman–Crippen LogP) is 0.457. The minimum atomic E-state index is -4.68. The first-order valence-electron chi connectivity index (χ1n) is 6.29. The van der Waals surface area contributed by atoms with Crippen LogP contribution in [0.15, 0.2) is 24.3 Å². The van der Waals surface area contributed by atoms with Crippen molar-refractivity contribution in [3.63, 3.8) is 0 Å². The Morgan fingerprint density at radius 2 is 1.64 bits per heavy atom. The number of alkyl halides is 3. The molecule has 0 bridgehead atoms. The lowest BCUT2D eigenvalue weighted by molar-refractivity contribution is -0.144. The molecule has 1 rings (SSSR count). The van der Waals surface area contributed by atoms with Gasteiger partial charge in [0.15, 0.2) is 0 Å². The van der Waals surface area contributed by atoms with Gasteiger partial charge in [0.1, 0.15) is 0 Å². The normalized spacial score (nSPS) is 11.1. The fraction of sp³-hybridized carbons (Fsp3) is 0.385. The second kappa shape index (κ2) is 7.76. The van der Waals surface area contributed by atoms with E-state index in [4.69, 9.17) is 10.2 Å². The standard InChI is InChI=1S/C13H15F3N2O4/c14-13(15,16)9-3-1-2-4-10(9)17-11(21)12(22)18(5-7-19)6-8-20/h1-4,19-20H,5-8H2,(H,17,21). The lowest BCUT2D eigenvalue weighted by atomic mass is 10.1. The summed E-state index contributed by atoms with van der Waals surface area (Å²) in [5.41, 5.74) is -1.62. The Labute approximate surface area is 124 Å². The molecule has 0 unspecified atom stereocenters. The summed E-state index contributed by atoms with van der Waals surface area (Å²) in [6.07, 6.45) is -4.68. The highest BCUT2D eigenvalue weighted by atomic mass is 19.4. The van der Waals surface area contributed by atoms with Gasteiger partial charge in [0.05, 0.1) is 24.5 Å². The number of aliphatic hydroxyl groups excluding tert-OH is 2. The van der Waals surface area contributed by atoms with E-state index < -0.39 is 42.5 Å². The first kappa shape index (κ1) is 17.9. The predicted molar refractivity (Wildman–Crippen MR) is 70.8 cm³/mol. The molecule has 0 radical (unpaired) electrons. The highest BCUT2D eigenvalue weighted by molar-refractivity contribution is 6.39. The number of hydrogen-bond donors (Lipinski definition) is 3. The van der Waals surface area contributed by atoms with E-state index >= 15 is 0 Å². The molecule has 3 N–H and O–H groups in total. The van der Waals surface area contributed by atoms with Crippen molar-refractivity contribution < 1.29 is 33.0 Å². The molecule has 0 saturated heterocycles. The highest BCUT2D eigenvalue weighted by Crippen LogP contribution is 2.34. The molecule has 0 saturated carbocycles. The number of benzene rings is 1. The Kier molecular flexibility index (Phi) is 6.32. The molecule has 0 aliphatic rings. The number of nitrogens with one attached hydrogen (secondary N) is 1. The molecule has 2 amide bonds. The zero-order chi connectivity index (χ0) is 16.8. The molecular weight excluding hydrogens is 305 g/mol. The number of rotatable bonds is 5. The van der Waals surface area contributed by atoms with Crippen molar-refractivity contribution in [2.45, 2.75) is 6.18 Å². The van der Waals surface area contributed by atoms with Crippen molar-refractivity contribution >= 4 is 17.5 Å². The summed E-state index contributed by atoms with van der Waals surface area (Å²) >= 11 is 0. The molecule has 1 aromatic carbocycles. The Hall–Kier alpha value is -2.13. The van der Waals surface area contributed by atoms with Gasteiger partial charge < -0.3 is 20.4 Å². The van der Waals surface area contributed by atoms with Crippen molar-refractivity contribution in [1.82, 2.24) is 4.90 Å². The van der Waals surface area contributed by atoms with Crippen molar-refractivity contribution in [1.29, 1.82) is 0 Å². The molecule has 1 aromatic rings. The quantitative estimate of drug-likeness (QED) is 0.688. The summed E-state index contributed by atoms with van der Waals surface area (Å²) in [6.45, 7) is -1.32. The molecule has 122 valence electrons. The number of nitrogens with zero attached hydrogens (tertiary/aromatic N) is 1. The number of anilines is 1. The Morgan fingerprint density at radius 1 is 1.09 bits per heavy atom. The third-order valence-corrected chi connectivity index (χ3v) is 2.70. The van der Waals surface area contributed by atoms with Gasteiger partial charge in [-0.2, -0.15) is 13.2 Å². The van der Waals surface area contributed by atoms with Crippen LogP contribution in [0.5, 0.6) is 0 Å². The molecule has 0 fully saturated rings. The Balaban J connectivity index is 2.91. The molecule has 22 heavy (non-hydrogen) atoms. The summed E-state index contributed by atoms with van der Waals surface area (Å²) in [5.74, 6) is -2.42. The third kappa shape index (κ3) is 4.71. The summed E-state index contributed by atoms with van der Waals surface area (Å²) < 4.78 is 38.4. The first-order valence-corrected chi connectivity index (χ1v) is 6.29. The average Bonchev–Trinajstić information content (AvgIpc) is 2.45. The van der Waals surface area contributed by atoms with E-state index in [1.54, 1.807) is 0 Å². The number of hydrogen-bond acceptors (Lipinski definition) is 4. The second-order valence-electron chi connectivity index (χ2n) is 4.24. The van der Waals surface area contributed by atoms with Gasteiger partial charge in [0.25, 0.3) is 0 Å². The van der Waals surface area contributed by atoms with E-state index in [1.807, 2.05) is 5.32 Å². The van der Waals surface area contributed by atoms with E-state index in [-0.39, 0.29) is 13.1 Å². The van der Waals surface area contributed by atoms with Crippen LogP contribution in [0, 0.1) is 0 Å². The molecular formula is C13H15F3N2O4. The second-order valence-corrected chi connectivity index (χ2v) is 4.24. The fourth-order valence-electron chi connectivity index (χ4n) is 1.72. The molecule has 6 nitrogen and oxygen atoms in total. The van der Waals surface area contributed by atoms with Gasteiger partial charge in [-0.25, -0.2) is 0 Å². The third-order valence-electron chi connectivity index (χ3n) is 2.70. The average molecular weight is 320 g/mol. The monoisotopic (exact) mass is 320 g/mol. The summed E-state index contributed by atoms with van der Waals surface area (Å²) in [5, 5.41) is 19.5. The van der Waals surface area contributed by atoms with Gasteiger partial charge in [0, 0.05) is 13.1 Å². The number of carbonyl (C=O) groups is 2. The zero-order valence-electron chi connectivity index (χ0n) is 11.4. The molecule has 0 spiro atoms. The minimum absolute atomic E-state index is 0.215. The number of halogens is 3. The van der Waals surface area contributed by atoms with Crippen molar-refractivity contribution in [3.8, 4) is 0 Å². The molecule has 0 aliphatic heterocycles. The molecule has 0 atom stereocenters. The van der Waals surface area contributed by atoms with Crippen molar-refractivity contribution in [3.05, 3.63) is 29.8 Å². The number of amides is 2. The number of para-hydroxylation sites is 1. The lowest BCUT2D eigenvalue weighted by Gasteiger charge is -2.20. The van der Waals surface area contributed by atoms with Gasteiger partial charge in [-0.05, 0) is 12.1 Å². The van der Waals surface area contributed by atoms with Crippen LogP contribution in [0.1, 0.15) is 5.56 Å². The van der Waals surface area contributed by atoms with Crippen LogP contribution in [0.25, 0.3) is 0 Å². The van der Waals surface area contributed by atoms with Crippen LogP contribution in [0.4, 0.5) is 18.9 Å². The Bertz CT molecular complexity index is 528. The van der Waals surface area contributed by atoms with E-state index in [0.29, 0.717) is 0 Å². The fourth-order valence-corrected chi connectivity index (χ4v) is 1.72. The molecule has 9 heteroatoms. The van der Waals surface area contributed by atoms with Crippen LogP contribution in [-0.2, 0) is 15.8 Å². The van der Waals surface area contributed by atoms with Gasteiger partial charge >= 0.3 is 18.0 Å². The highest BCUT2D eigenvalue weighted by Gasteiger charge is 2.34. The topological polar surface area (TPSA) is 89.9 Å². The Morgan fingerprint density at radius 3 is 2.14 bits per heavy atom. The smallest absolute Gasteiger partial charge is 0.395 e. The van der Waals surface area contributed by atoms with Gasteiger partial charge in [0.2, 0.25) is 0 Å². The number of aliphatic hydroxyl groups is 2. The van der Waals surface area contributed by atoms with Crippen LogP contribution >= 0.6 is 0 Å². The van der Waals surface area contributed by atoms with Crippen molar-refractivity contribution in [2.75, 3.05) is 31.6 Å². The molecule has 0 heterocycles. The van der Waals surface area contributed by atoms with Gasteiger partial charge in [-0.15, -0.1) is 0 Å². The van der Waals surface area contributed by atoms with Crippen LogP contribution in [0.2, 0.25) is 0 Å². The molecule has 0 aromatic heterocycles. The number of carbonyl (C=O) groups excluding carboxylic acids is 2. The van der Waals surface area contributed by atoms with Crippen LogP contribution in [-0.4, -0.2) is 53.2 Å². The van der Waals surface area contributed by atoms with E-state index in [1.165, 1.54) is 6.07 Å². The summed E-state index contributed by atoms with van der Waals surface area (Å²) in [7, 11) is 0. The first-order chi connectivity index (χ1) is 10.3. The largest absolute Gasteiger partial charge is 0.418 e. The SMILES string of the molecule is O=C(Nc1ccccc1C(F)(F)F)C(=O)N(CCO)CCO.